The Hall–Kier alpha value is -2.42. The van der Waals surface area contributed by atoms with Crippen LogP contribution in [0.5, 0.6) is 0 Å². The summed E-state index contributed by atoms with van der Waals surface area (Å²) in [5.74, 6) is 0.754. The molecular formula is C26H21Cl5N4O6S2. The maximum Gasteiger partial charge on any atom is 0.261 e. The van der Waals surface area contributed by atoms with Crippen molar-refractivity contribution < 1.29 is 26.2 Å². The molecule has 0 bridgehead atoms. The number of rotatable bonds is 5. The van der Waals surface area contributed by atoms with Gasteiger partial charge in [0.25, 0.3) is 15.0 Å². The Bertz CT molecular complexity index is 1860. The average molecular weight is 727 g/mol. The van der Waals surface area contributed by atoms with Crippen LogP contribution in [0.1, 0.15) is 16.2 Å². The summed E-state index contributed by atoms with van der Waals surface area (Å²) in [4.78, 5) is 18.7. The number of piperazine rings is 1. The second-order valence-corrected chi connectivity index (χ2v) is 15.1. The third-order valence-corrected chi connectivity index (χ3v) is 10.9. The van der Waals surface area contributed by atoms with Crippen molar-refractivity contribution in [3.05, 3.63) is 92.2 Å². The van der Waals surface area contributed by atoms with E-state index >= 15 is 0 Å². The minimum absolute atomic E-state index is 0.0569. The Morgan fingerprint density at radius 1 is 0.767 bits per heavy atom. The number of carbonyl (C=O) groups is 1. The lowest BCUT2D eigenvalue weighted by Gasteiger charge is -2.34. The number of aryl methyl sites for hydroxylation is 1. The van der Waals surface area contributed by atoms with Gasteiger partial charge in [0.05, 0.1) is 29.9 Å². The number of carbonyl (C=O) groups excluding carboxylic acids is 1. The molecule has 0 atom stereocenters. The normalized spacial score (nSPS) is 14.2. The van der Waals surface area contributed by atoms with E-state index in [4.69, 9.17) is 61.6 Å². The molecule has 4 aromatic rings. The molecular weight excluding hydrogens is 706 g/mol. The highest BCUT2D eigenvalue weighted by molar-refractivity contribution is 8.13. The number of halogens is 5. The fraction of sp³-hybridized carbons (Fsp3) is 0.192. The molecule has 1 amide bonds. The molecule has 0 unspecified atom stereocenters. The first kappa shape index (κ1) is 33.5. The fourth-order valence-electron chi connectivity index (χ4n) is 3.91. The summed E-state index contributed by atoms with van der Waals surface area (Å²) in [5, 5.41) is 4.78. The minimum Gasteiger partial charge on any atom is -0.339 e. The van der Waals surface area contributed by atoms with Crippen molar-refractivity contribution in [2.75, 3.05) is 26.2 Å². The maximum absolute atomic E-state index is 12.9. The van der Waals surface area contributed by atoms with Crippen LogP contribution < -0.4 is 0 Å². The highest BCUT2D eigenvalue weighted by Gasteiger charge is 2.31. The maximum atomic E-state index is 12.9. The van der Waals surface area contributed by atoms with Crippen molar-refractivity contribution >= 4 is 82.1 Å². The zero-order chi connectivity index (χ0) is 31.5. The Labute approximate surface area is 272 Å². The number of amides is 1. The molecule has 0 N–H and O–H groups in total. The lowest BCUT2D eigenvalue weighted by molar-refractivity contribution is 0.0698. The molecule has 2 heterocycles. The predicted octanol–water partition coefficient (Wildman–Crippen LogP) is 6.42. The highest BCUT2D eigenvalue weighted by Crippen LogP contribution is 2.28. The van der Waals surface area contributed by atoms with Gasteiger partial charge in [-0.3, -0.25) is 4.79 Å². The van der Waals surface area contributed by atoms with E-state index in [2.05, 4.69) is 10.1 Å². The summed E-state index contributed by atoms with van der Waals surface area (Å²) in [6.07, 6.45) is 0. The average Bonchev–Trinajstić information content (AvgIpc) is 3.41. The standard InChI is InChI=1S/C20H18Cl2N4O4S.C6H3Cl3O2S/c1-13-23-19(24-30-13)14-2-4-15(5-3-14)20(27)25-8-10-26(11-9-25)31(28,29)16-6-7-17(21)18(22)12-16;7-5-2-1-4(3-6(5)8)12(9,10)11/h2-7,12H,8-11H2,1H3;1-3H. The van der Waals surface area contributed by atoms with Crippen LogP contribution in [0.3, 0.4) is 0 Å². The molecule has 228 valence electrons. The van der Waals surface area contributed by atoms with E-state index in [0.29, 0.717) is 22.3 Å². The number of hydrogen-bond donors (Lipinski definition) is 0. The Balaban J connectivity index is 0.000000296. The Morgan fingerprint density at radius 3 is 1.79 bits per heavy atom. The zero-order valence-electron chi connectivity index (χ0n) is 22.0. The summed E-state index contributed by atoms with van der Waals surface area (Å²) >= 11 is 23.0. The van der Waals surface area contributed by atoms with Crippen molar-refractivity contribution in [3.8, 4) is 11.4 Å². The van der Waals surface area contributed by atoms with Gasteiger partial charge in [-0.15, -0.1) is 0 Å². The van der Waals surface area contributed by atoms with Gasteiger partial charge >= 0.3 is 0 Å². The lowest BCUT2D eigenvalue weighted by Crippen LogP contribution is -2.50. The topological polar surface area (TPSA) is 131 Å². The lowest BCUT2D eigenvalue weighted by atomic mass is 10.1. The number of benzene rings is 3. The summed E-state index contributed by atoms with van der Waals surface area (Å²) in [6, 6.07) is 15.0. The molecule has 43 heavy (non-hydrogen) atoms. The molecule has 0 aliphatic carbocycles. The third kappa shape index (κ3) is 8.20. The van der Waals surface area contributed by atoms with E-state index in [1.165, 1.54) is 40.7 Å². The van der Waals surface area contributed by atoms with Crippen molar-refractivity contribution in [2.24, 2.45) is 0 Å². The van der Waals surface area contributed by atoms with E-state index in [1.807, 2.05) is 0 Å². The van der Waals surface area contributed by atoms with Gasteiger partial charge in [0, 0.05) is 54.9 Å². The third-order valence-electron chi connectivity index (χ3n) is 6.14. The second-order valence-electron chi connectivity index (χ2n) is 9.00. The Morgan fingerprint density at radius 2 is 1.30 bits per heavy atom. The first-order valence-corrected chi connectivity index (χ1v) is 17.5. The molecule has 0 spiro atoms. The van der Waals surface area contributed by atoms with E-state index in [0.717, 1.165) is 5.56 Å². The zero-order valence-corrected chi connectivity index (χ0v) is 27.5. The fourth-order valence-corrected chi connectivity index (χ4v) is 6.86. The van der Waals surface area contributed by atoms with Gasteiger partial charge in [-0.1, -0.05) is 63.7 Å². The largest absolute Gasteiger partial charge is 0.339 e. The van der Waals surface area contributed by atoms with Gasteiger partial charge in [0.1, 0.15) is 0 Å². The first-order valence-electron chi connectivity index (χ1n) is 12.2. The number of nitrogens with zero attached hydrogens (tertiary/aromatic N) is 4. The highest BCUT2D eigenvalue weighted by atomic mass is 35.7. The predicted molar refractivity (Wildman–Crippen MR) is 165 cm³/mol. The summed E-state index contributed by atoms with van der Waals surface area (Å²) in [7, 11) is -2.38. The van der Waals surface area contributed by atoms with Gasteiger partial charge in [-0.25, -0.2) is 16.8 Å². The monoisotopic (exact) mass is 724 g/mol. The van der Waals surface area contributed by atoms with Crippen LogP contribution >= 0.6 is 57.1 Å². The molecule has 0 saturated carbocycles. The smallest absolute Gasteiger partial charge is 0.261 e. The second kappa shape index (κ2) is 13.7. The summed E-state index contributed by atoms with van der Waals surface area (Å²) in [6.45, 7) is 2.65. The molecule has 1 fully saturated rings. The number of aromatic nitrogens is 2. The SMILES string of the molecule is Cc1nc(-c2ccc(C(=O)N3CCN(S(=O)(=O)c4ccc(Cl)c(Cl)c4)CC3)cc2)no1.O=S(=O)(Cl)c1ccc(Cl)c(Cl)c1. The van der Waals surface area contributed by atoms with Gasteiger partial charge in [-0.2, -0.15) is 9.29 Å². The molecule has 10 nitrogen and oxygen atoms in total. The van der Waals surface area contributed by atoms with Crippen molar-refractivity contribution in [3.63, 3.8) is 0 Å². The van der Waals surface area contributed by atoms with Crippen molar-refractivity contribution in [2.45, 2.75) is 16.7 Å². The molecule has 1 aromatic heterocycles. The Kier molecular flexibility index (Phi) is 10.7. The van der Waals surface area contributed by atoms with Gasteiger partial charge in [-0.05, 0) is 48.5 Å². The quantitative estimate of drug-likeness (QED) is 0.216. The van der Waals surface area contributed by atoms with Crippen LogP contribution in [-0.2, 0) is 19.1 Å². The van der Waals surface area contributed by atoms with E-state index in [9.17, 15) is 21.6 Å². The van der Waals surface area contributed by atoms with Crippen molar-refractivity contribution in [1.29, 1.82) is 0 Å². The number of sulfonamides is 1. The van der Waals surface area contributed by atoms with E-state index in [1.54, 1.807) is 36.1 Å². The molecule has 3 aromatic carbocycles. The van der Waals surface area contributed by atoms with E-state index < -0.39 is 19.1 Å². The van der Waals surface area contributed by atoms with Crippen molar-refractivity contribution in [1.82, 2.24) is 19.3 Å². The van der Waals surface area contributed by atoms with Crippen LogP contribution in [0.4, 0.5) is 0 Å². The molecule has 0 radical (unpaired) electrons. The minimum atomic E-state index is -3.72. The molecule has 1 aliphatic rings. The molecule has 17 heteroatoms. The van der Waals surface area contributed by atoms with Crippen LogP contribution in [0.2, 0.25) is 20.1 Å². The number of hydrogen-bond acceptors (Lipinski definition) is 8. The first-order chi connectivity index (χ1) is 20.2. The van der Waals surface area contributed by atoms with Gasteiger partial charge in [0.15, 0.2) is 0 Å². The molecule has 1 saturated heterocycles. The van der Waals surface area contributed by atoms with E-state index in [-0.39, 0.29) is 56.9 Å². The van der Waals surface area contributed by atoms with Crippen LogP contribution in [-0.4, -0.2) is 68.3 Å². The molecule has 5 rings (SSSR count). The van der Waals surface area contributed by atoms with Gasteiger partial charge in [0.2, 0.25) is 21.7 Å². The molecule has 1 aliphatic heterocycles. The van der Waals surface area contributed by atoms with Crippen LogP contribution in [0.25, 0.3) is 11.4 Å². The van der Waals surface area contributed by atoms with Crippen LogP contribution in [0.15, 0.2) is 75.0 Å². The summed E-state index contributed by atoms with van der Waals surface area (Å²) < 4.78 is 53.6. The van der Waals surface area contributed by atoms with Crippen LogP contribution in [0, 0.1) is 6.92 Å². The van der Waals surface area contributed by atoms with Gasteiger partial charge < -0.3 is 9.42 Å². The summed E-state index contributed by atoms with van der Waals surface area (Å²) in [5.41, 5.74) is 1.25.